The predicted molar refractivity (Wildman–Crippen MR) is 121 cm³/mol. The van der Waals surface area contributed by atoms with Gasteiger partial charge in [-0.05, 0) is 29.7 Å². The maximum absolute atomic E-state index is 12.7. The summed E-state index contributed by atoms with van der Waals surface area (Å²) in [5.41, 5.74) is 5.15. The Morgan fingerprint density at radius 1 is 0.938 bits per heavy atom. The number of pyridine rings is 1. The molecule has 5 aromatic rings. The van der Waals surface area contributed by atoms with E-state index in [1.54, 1.807) is 10.9 Å². The quantitative estimate of drug-likeness (QED) is 0.452. The number of carbonyl (C=O) groups excluding carboxylic acids is 1. The van der Waals surface area contributed by atoms with E-state index in [2.05, 4.69) is 20.6 Å². The van der Waals surface area contributed by atoms with E-state index in [-0.39, 0.29) is 17.6 Å². The molecule has 32 heavy (non-hydrogen) atoms. The van der Waals surface area contributed by atoms with Gasteiger partial charge in [-0.15, -0.1) is 5.10 Å². The molecule has 0 saturated heterocycles. The second kappa shape index (κ2) is 8.47. The Morgan fingerprint density at radius 2 is 1.62 bits per heavy atom. The molecule has 2 aromatic carbocycles. The molecule has 7 nitrogen and oxygen atoms in total. The lowest BCUT2D eigenvalue weighted by Gasteiger charge is -2.17. The number of hydrogen-bond acceptors (Lipinski definition) is 4. The van der Waals surface area contributed by atoms with Gasteiger partial charge in [-0.1, -0.05) is 71.9 Å². The van der Waals surface area contributed by atoms with E-state index < -0.39 is 0 Å². The number of aryl methyl sites for hydroxylation is 1. The number of nitrogens with zero attached hydrogens (tertiary/aromatic N) is 5. The summed E-state index contributed by atoms with van der Waals surface area (Å²) in [6.45, 7) is 2.33. The summed E-state index contributed by atoms with van der Waals surface area (Å²) < 4.78 is 3.69. The third-order valence-electron chi connectivity index (χ3n) is 5.40. The van der Waals surface area contributed by atoms with Gasteiger partial charge in [0.2, 0.25) is 0 Å². The first kappa shape index (κ1) is 19.7. The predicted octanol–water partition coefficient (Wildman–Crippen LogP) is 3.80. The highest BCUT2D eigenvalue weighted by molar-refractivity contribution is 5.91. The fourth-order valence-corrected chi connectivity index (χ4v) is 3.83. The Kier molecular flexibility index (Phi) is 5.21. The molecule has 0 radical (unpaired) electrons. The van der Waals surface area contributed by atoms with Crippen LogP contribution in [-0.2, 0) is 6.54 Å². The minimum absolute atomic E-state index is 0.173. The minimum Gasteiger partial charge on any atom is -0.345 e. The third kappa shape index (κ3) is 3.88. The summed E-state index contributed by atoms with van der Waals surface area (Å²) in [6, 6.07) is 23.9. The molecule has 1 N–H and O–H groups in total. The van der Waals surface area contributed by atoms with Crippen molar-refractivity contribution in [3.8, 4) is 0 Å². The molecule has 0 bridgehead atoms. The largest absolute Gasteiger partial charge is 0.345 e. The first-order valence-electron chi connectivity index (χ1n) is 10.4. The van der Waals surface area contributed by atoms with Crippen LogP contribution in [0, 0.1) is 6.92 Å². The number of amides is 1. The zero-order valence-electron chi connectivity index (χ0n) is 17.6. The van der Waals surface area contributed by atoms with Crippen LogP contribution in [0.1, 0.15) is 38.9 Å². The smallest absolute Gasteiger partial charge is 0.273 e. The van der Waals surface area contributed by atoms with Crippen molar-refractivity contribution in [2.75, 3.05) is 0 Å². The zero-order valence-corrected chi connectivity index (χ0v) is 17.6. The van der Waals surface area contributed by atoms with Crippen molar-refractivity contribution in [3.63, 3.8) is 0 Å². The van der Waals surface area contributed by atoms with Crippen LogP contribution in [0.25, 0.3) is 5.65 Å². The summed E-state index contributed by atoms with van der Waals surface area (Å²) >= 11 is 0. The van der Waals surface area contributed by atoms with Gasteiger partial charge >= 0.3 is 0 Å². The average Bonchev–Trinajstić information content (AvgIpc) is 3.47. The standard InChI is InChI=1S/C25H22N6O/c1-18-9-8-14-30-16-21(27-24(18)30)15-26-25(32)22-17-31(29-28-22)23(19-10-4-2-5-11-19)20-12-6-3-7-13-20/h2-14,16-17,23H,15H2,1H3,(H,26,32). The maximum Gasteiger partial charge on any atom is 0.273 e. The lowest BCUT2D eigenvalue weighted by atomic mass is 9.99. The molecule has 3 aromatic heterocycles. The Bertz CT molecular complexity index is 1320. The molecule has 158 valence electrons. The van der Waals surface area contributed by atoms with E-state index in [9.17, 15) is 4.79 Å². The Morgan fingerprint density at radius 3 is 2.28 bits per heavy atom. The second-order valence-corrected chi connectivity index (χ2v) is 7.64. The van der Waals surface area contributed by atoms with Crippen LogP contribution in [0.15, 0.2) is 91.4 Å². The molecule has 0 fully saturated rings. The van der Waals surface area contributed by atoms with Crippen LogP contribution < -0.4 is 5.32 Å². The number of imidazole rings is 1. The number of aromatic nitrogens is 5. The fraction of sp³-hybridized carbons (Fsp3) is 0.120. The SMILES string of the molecule is Cc1cccn2cc(CNC(=O)c3cn(C(c4ccccc4)c4ccccc4)nn3)nc12. The summed E-state index contributed by atoms with van der Waals surface area (Å²) in [7, 11) is 0. The summed E-state index contributed by atoms with van der Waals surface area (Å²) in [6.07, 6.45) is 5.55. The fourth-order valence-electron chi connectivity index (χ4n) is 3.83. The van der Waals surface area contributed by atoms with Gasteiger partial charge in [-0.2, -0.15) is 0 Å². The third-order valence-corrected chi connectivity index (χ3v) is 5.40. The zero-order chi connectivity index (χ0) is 21.9. The molecule has 5 rings (SSSR count). The van der Waals surface area contributed by atoms with Crippen molar-refractivity contribution in [3.05, 3.63) is 119 Å². The first-order valence-corrected chi connectivity index (χ1v) is 10.4. The van der Waals surface area contributed by atoms with E-state index in [0.29, 0.717) is 6.54 Å². The average molecular weight is 422 g/mol. The van der Waals surface area contributed by atoms with Gasteiger partial charge in [0.1, 0.15) is 11.7 Å². The maximum atomic E-state index is 12.7. The molecule has 1 amide bonds. The van der Waals surface area contributed by atoms with E-state index in [1.165, 1.54) is 0 Å². The highest BCUT2D eigenvalue weighted by Gasteiger charge is 2.20. The Balaban J connectivity index is 1.36. The number of hydrogen-bond donors (Lipinski definition) is 1. The van der Waals surface area contributed by atoms with Gasteiger partial charge in [-0.25, -0.2) is 9.67 Å². The summed E-state index contributed by atoms with van der Waals surface area (Å²) in [5, 5.41) is 11.3. The molecule has 7 heteroatoms. The molecule has 0 atom stereocenters. The number of fused-ring (bicyclic) bond motifs is 1. The summed E-state index contributed by atoms with van der Waals surface area (Å²) in [4.78, 5) is 17.3. The van der Waals surface area contributed by atoms with Gasteiger partial charge in [0.15, 0.2) is 5.69 Å². The Hall–Kier alpha value is -4.26. The van der Waals surface area contributed by atoms with Gasteiger partial charge in [-0.3, -0.25) is 4.79 Å². The molecular formula is C25H22N6O. The second-order valence-electron chi connectivity index (χ2n) is 7.64. The first-order chi connectivity index (χ1) is 15.7. The van der Waals surface area contributed by atoms with E-state index in [1.807, 2.05) is 96.5 Å². The van der Waals surface area contributed by atoms with Gasteiger partial charge in [0.25, 0.3) is 5.91 Å². The number of carbonyl (C=O) groups is 1. The number of rotatable bonds is 6. The van der Waals surface area contributed by atoms with Crippen LogP contribution >= 0.6 is 0 Å². The van der Waals surface area contributed by atoms with Crippen molar-refractivity contribution in [1.82, 2.24) is 29.7 Å². The monoisotopic (exact) mass is 422 g/mol. The lowest BCUT2D eigenvalue weighted by molar-refractivity contribution is 0.0945. The van der Waals surface area contributed by atoms with E-state index >= 15 is 0 Å². The molecule has 0 spiro atoms. The Labute approximate surface area is 185 Å². The normalized spacial score (nSPS) is 11.2. The van der Waals surface area contributed by atoms with Crippen LogP contribution in [0.3, 0.4) is 0 Å². The van der Waals surface area contributed by atoms with Crippen molar-refractivity contribution in [2.45, 2.75) is 19.5 Å². The molecule has 0 aliphatic heterocycles. The minimum atomic E-state index is -0.287. The number of nitrogens with one attached hydrogen (secondary N) is 1. The molecule has 0 aliphatic carbocycles. The summed E-state index contributed by atoms with van der Waals surface area (Å²) in [5.74, 6) is -0.287. The van der Waals surface area contributed by atoms with Crippen LogP contribution in [-0.4, -0.2) is 30.3 Å². The molecule has 0 aliphatic rings. The topological polar surface area (TPSA) is 77.1 Å². The lowest BCUT2D eigenvalue weighted by Crippen LogP contribution is -2.23. The highest BCUT2D eigenvalue weighted by atomic mass is 16.2. The van der Waals surface area contributed by atoms with Crippen molar-refractivity contribution < 1.29 is 4.79 Å². The van der Waals surface area contributed by atoms with Crippen LogP contribution in [0.2, 0.25) is 0 Å². The number of benzene rings is 2. The van der Waals surface area contributed by atoms with Gasteiger partial charge in [0.05, 0.1) is 18.4 Å². The molecule has 3 heterocycles. The van der Waals surface area contributed by atoms with Crippen LogP contribution in [0.5, 0.6) is 0 Å². The van der Waals surface area contributed by atoms with E-state index in [4.69, 9.17) is 0 Å². The van der Waals surface area contributed by atoms with Crippen molar-refractivity contribution >= 4 is 11.6 Å². The van der Waals surface area contributed by atoms with Crippen molar-refractivity contribution in [2.24, 2.45) is 0 Å². The van der Waals surface area contributed by atoms with Crippen molar-refractivity contribution in [1.29, 1.82) is 0 Å². The van der Waals surface area contributed by atoms with Crippen LogP contribution in [0.4, 0.5) is 0 Å². The van der Waals surface area contributed by atoms with E-state index in [0.717, 1.165) is 28.0 Å². The highest BCUT2D eigenvalue weighted by Crippen LogP contribution is 2.25. The molecular weight excluding hydrogens is 400 g/mol. The molecule has 0 unspecified atom stereocenters. The van der Waals surface area contributed by atoms with Gasteiger partial charge in [0, 0.05) is 12.4 Å². The molecule has 0 saturated carbocycles. The van der Waals surface area contributed by atoms with Gasteiger partial charge < -0.3 is 9.72 Å².